The van der Waals surface area contributed by atoms with Crippen molar-refractivity contribution < 1.29 is 19.0 Å². The van der Waals surface area contributed by atoms with Crippen LogP contribution in [-0.4, -0.2) is 43.3 Å². The lowest BCUT2D eigenvalue weighted by atomic mass is 10.1. The second kappa shape index (κ2) is 10.6. The molecule has 1 N–H and O–H groups in total. The first-order valence-corrected chi connectivity index (χ1v) is 10.2. The van der Waals surface area contributed by atoms with E-state index in [0.717, 1.165) is 11.1 Å². The number of nitrogens with one attached hydrogen (secondary N) is 1. The van der Waals surface area contributed by atoms with Crippen LogP contribution in [0.4, 0.5) is 5.82 Å². The quantitative estimate of drug-likeness (QED) is 0.484. The number of hydrogen-bond acceptors (Lipinski definition) is 7. The molecule has 0 spiro atoms. The zero-order valence-corrected chi connectivity index (χ0v) is 18.4. The molecular weight excluding hydrogens is 418 g/mol. The van der Waals surface area contributed by atoms with Crippen molar-refractivity contribution in [1.29, 1.82) is 0 Å². The summed E-state index contributed by atoms with van der Waals surface area (Å²) in [5.74, 6) is 1.51. The molecule has 0 fully saturated rings. The number of aromatic nitrogens is 2. The van der Waals surface area contributed by atoms with E-state index in [0.29, 0.717) is 41.1 Å². The Morgan fingerprint density at radius 2 is 1.87 bits per heavy atom. The zero-order chi connectivity index (χ0) is 22.2. The number of carbonyl (C=O) groups is 1. The predicted octanol–water partition coefficient (Wildman–Crippen LogP) is 4.65. The SMILES string of the molecule is CCOC(=O)c1cnc(-c2ccc(OC)c(OC)c2)nc1NCCc1ccccc1Cl. The minimum atomic E-state index is -0.485. The summed E-state index contributed by atoms with van der Waals surface area (Å²) in [6, 6.07) is 13.0. The monoisotopic (exact) mass is 441 g/mol. The van der Waals surface area contributed by atoms with Gasteiger partial charge in [-0.3, -0.25) is 0 Å². The van der Waals surface area contributed by atoms with Crippen molar-refractivity contribution in [2.75, 3.05) is 32.7 Å². The Morgan fingerprint density at radius 3 is 2.58 bits per heavy atom. The van der Waals surface area contributed by atoms with Gasteiger partial charge in [-0.1, -0.05) is 29.8 Å². The number of hydrogen-bond donors (Lipinski definition) is 1. The second-order valence-electron chi connectivity index (χ2n) is 6.51. The van der Waals surface area contributed by atoms with Crippen LogP contribution in [0.1, 0.15) is 22.8 Å². The molecule has 0 saturated carbocycles. The Hall–Kier alpha value is -3.32. The van der Waals surface area contributed by atoms with Gasteiger partial charge in [-0.25, -0.2) is 14.8 Å². The first kappa shape index (κ1) is 22.4. The molecule has 7 nitrogen and oxygen atoms in total. The number of methoxy groups -OCH3 is 2. The zero-order valence-electron chi connectivity index (χ0n) is 17.6. The minimum Gasteiger partial charge on any atom is -0.493 e. The van der Waals surface area contributed by atoms with Crippen LogP contribution in [0, 0.1) is 0 Å². The van der Waals surface area contributed by atoms with Crippen molar-refractivity contribution in [1.82, 2.24) is 9.97 Å². The summed E-state index contributed by atoms with van der Waals surface area (Å²) < 4.78 is 15.8. The summed E-state index contributed by atoms with van der Waals surface area (Å²) in [6.07, 6.45) is 2.13. The highest BCUT2D eigenvalue weighted by atomic mass is 35.5. The fourth-order valence-electron chi connectivity index (χ4n) is 3.01. The maximum absolute atomic E-state index is 12.4. The molecule has 0 atom stereocenters. The average Bonchev–Trinajstić information content (AvgIpc) is 2.80. The third-order valence-corrected chi connectivity index (χ3v) is 4.94. The molecule has 8 heteroatoms. The summed E-state index contributed by atoms with van der Waals surface area (Å²) >= 11 is 6.24. The number of esters is 1. The standard InChI is InChI=1S/C23H24ClN3O4/c1-4-31-23(28)17-14-26-21(16-9-10-19(29-2)20(13-16)30-3)27-22(17)25-12-11-15-7-5-6-8-18(15)24/h5-10,13-14H,4,11-12H2,1-3H3,(H,25,26,27). The molecule has 0 unspecified atom stereocenters. The number of ether oxygens (including phenoxy) is 3. The highest BCUT2D eigenvalue weighted by molar-refractivity contribution is 6.31. The Labute approximate surface area is 186 Å². The van der Waals surface area contributed by atoms with E-state index in [1.807, 2.05) is 30.3 Å². The normalized spacial score (nSPS) is 10.5. The van der Waals surface area contributed by atoms with Crippen LogP contribution >= 0.6 is 11.6 Å². The third-order valence-electron chi connectivity index (χ3n) is 4.57. The van der Waals surface area contributed by atoms with E-state index in [1.165, 1.54) is 6.20 Å². The van der Waals surface area contributed by atoms with Crippen molar-refractivity contribution in [2.45, 2.75) is 13.3 Å². The van der Waals surface area contributed by atoms with E-state index in [1.54, 1.807) is 33.3 Å². The third kappa shape index (κ3) is 5.44. The van der Waals surface area contributed by atoms with Gasteiger partial charge in [0.1, 0.15) is 11.4 Å². The molecule has 31 heavy (non-hydrogen) atoms. The highest BCUT2D eigenvalue weighted by Crippen LogP contribution is 2.31. The number of benzene rings is 2. The van der Waals surface area contributed by atoms with Crippen LogP contribution in [-0.2, 0) is 11.2 Å². The lowest BCUT2D eigenvalue weighted by Crippen LogP contribution is -2.14. The number of halogens is 1. The molecule has 0 radical (unpaired) electrons. The van der Waals surface area contributed by atoms with E-state index in [4.69, 9.17) is 25.8 Å². The van der Waals surface area contributed by atoms with E-state index < -0.39 is 5.97 Å². The Bertz CT molecular complexity index is 1060. The van der Waals surface area contributed by atoms with Gasteiger partial charge < -0.3 is 19.5 Å². The van der Waals surface area contributed by atoms with Gasteiger partial charge in [0.05, 0.1) is 20.8 Å². The van der Waals surface area contributed by atoms with Gasteiger partial charge in [-0.2, -0.15) is 0 Å². The molecular formula is C23H24ClN3O4. The van der Waals surface area contributed by atoms with Crippen molar-refractivity contribution in [3.63, 3.8) is 0 Å². The summed E-state index contributed by atoms with van der Waals surface area (Å²) in [4.78, 5) is 21.3. The van der Waals surface area contributed by atoms with Crippen molar-refractivity contribution >= 4 is 23.4 Å². The maximum atomic E-state index is 12.4. The number of nitrogens with zero attached hydrogens (tertiary/aromatic N) is 2. The molecule has 3 aromatic rings. The molecule has 2 aromatic carbocycles. The predicted molar refractivity (Wildman–Crippen MR) is 120 cm³/mol. The van der Waals surface area contributed by atoms with Gasteiger partial charge in [-0.05, 0) is 43.2 Å². The Kier molecular flexibility index (Phi) is 7.67. The summed E-state index contributed by atoms with van der Waals surface area (Å²) in [7, 11) is 3.14. The van der Waals surface area contributed by atoms with Crippen LogP contribution in [0.15, 0.2) is 48.7 Å². The van der Waals surface area contributed by atoms with Crippen molar-refractivity contribution in [2.24, 2.45) is 0 Å². The molecule has 3 rings (SSSR count). The van der Waals surface area contributed by atoms with Crippen LogP contribution < -0.4 is 14.8 Å². The van der Waals surface area contributed by atoms with E-state index >= 15 is 0 Å². The minimum absolute atomic E-state index is 0.259. The molecule has 0 bridgehead atoms. The van der Waals surface area contributed by atoms with Crippen LogP contribution in [0.3, 0.4) is 0 Å². The van der Waals surface area contributed by atoms with Gasteiger partial charge >= 0.3 is 5.97 Å². The van der Waals surface area contributed by atoms with E-state index in [-0.39, 0.29) is 12.2 Å². The first-order valence-electron chi connectivity index (χ1n) is 9.81. The van der Waals surface area contributed by atoms with Gasteiger partial charge in [0.25, 0.3) is 0 Å². The number of rotatable bonds is 9. The first-order chi connectivity index (χ1) is 15.1. The summed E-state index contributed by atoms with van der Waals surface area (Å²) in [5, 5.41) is 3.92. The van der Waals surface area contributed by atoms with Crippen molar-refractivity contribution in [3.05, 3.63) is 64.8 Å². The van der Waals surface area contributed by atoms with Gasteiger partial charge in [0.15, 0.2) is 17.3 Å². The smallest absolute Gasteiger partial charge is 0.343 e. The van der Waals surface area contributed by atoms with E-state index in [2.05, 4.69) is 15.3 Å². The van der Waals surface area contributed by atoms with Gasteiger partial charge in [0, 0.05) is 23.3 Å². The van der Waals surface area contributed by atoms with Crippen LogP contribution in [0.2, 0.25) is 5.02 Å². The molecule has 1 heterocycles. The van der Waals surface area contributed by atoms with Crippen LogP contribution in [0.5, 0.6) is 11.5 Å². The fourth-order valence-corrected chi connectivity index (χ4v) is 3.24. The second-order valence-corrected chi connectivity index (χ2v) is 6.92. The number of anilines is 1. The summed E-state index contributed by atoms with van der Waals surface area (Å²) in [5.41, 5.74) is 2.00. The molecule has 0 aliphatic heterocycles. The maximum Gasteiger partial charge on any atom is 0.343 e. The summed E-state index contributed by atoms with van der Waals surface area (Å²) in [6.45, 7) is 2.54. The fraction of sp³-hybridized carbons (Fsp3) is 0.261. The molecule has 0 saturated heterocycles. The van der Waals surface area contributed by atoms with Crippen molar-refractivity contribution in [3.8, 4) is 22.9 Å². The van der Waals surface area contributed by atoms with Gasteiger partial charge in [-0.15, -0.1) is 0 Å². The Morgan fingerprint density at radius 1 is 1.10 bits per heavy atom. The molecule has 0 amide bonds. The van der Waals surface area contributed by atoms with Gasteiger partial charge in [0.2, 0.25) is 0 Å². The molecule has 162 valence electrons. The van der Waals surface area contributed by atoms with E-state index in [9.17, 15) is 4.79 Å². The largest absolute Gasteiger partial charge is 0.493 e. The molecule has 1 aromatic heterocycles. The molecule has 0 aliphatic rings. The average molecular weight is 442 g/mol. The lowest BCUT2D eigenvalue weighted by Gasteiger charge is -2.13. The van der Waals surface area contributed by atoms with Crippen LogP contribution in [0.25, 0.3) is 11.4 Å². The lowest BCUT2D eigenvalue weighted by molar-refractivity contribution is 0.0526. The topological polar surface area (TPSA) is 82.6 Å². The Balaban J connectivity index is 1.89. The molecule has 0 aliphatic carbocycles. The number of carbonyl (C=O) groups excluding carboxylic acids is 1. The highest BCUT2D eigenvalue weighted by Gasteiger charge is 2.17.